The van der Waals surface area contributed by atoms with Crippen LogP contribution in [0.15, 0.2) is 42.5 Å². The zero-order valence-corrected chi connectivity index (χ0v) is 15.0. The Morgan fingerprint density at radius 1 is 1.11 bits per heavy atom. The Balaban J connectivity index is 1.58. The van der Waals surface area contributed by atoms with E-state index in [4.69, 9.17) is 9.47 Å². The number of hydrogen-bond donors (Lipinski definition) is 1. The number of nitrogens with one attached hydrogen (secondary N) is 1. The average Bonchev–Trinajstić information content (AvgIpc) is 2.66. The van der Waals surface area contributed by atoms with Gasteiger partial charge in [0, 0.05) is 31.8 Å². The third-order valence-electron chi connectivity index (χ3n) is 4.18. The summed E-state index contributed by atoms with van der Waals surface area (Å²) in [6, 6.07) is 11.4. The molecule has 142 valence electrons. The predicted molar refractivity (Wildman–Crippen MR) is 98.6 cm³/mol. The minimum absolute atomic E-state index is 0.0449. The Bertz CT molecular complexity index is 840. The largest absolute Gasteiger partial charge is 0.486 e. The first-order chi connectivity index (χ1) is 13.0. The van der Waals surface area contributed by atoms with Crippen molar-refractivity contribution >= 4 is 17.5 Å². The van der Waals surface area contributed by atoms with Gasteiger partial charge in [0.05, 0.1) is 6.42 Å². The molecule has 1 aliphatic rings. The lowest BCUT2D eigenvalue weighted by Crippen LogP contribution is -2.38. The molecule has 1 N–H and O–H groups in total. The zero-order valence-electron chi connectivity index (χ0n) is 15.0. The van der Waals surface area contributed by atoms with Gasteiger partial charge in [-0.1, -0.05) is 18.2 Å². The van der Waals surface area contributed by atoms with Crippen molar-refractivity contribution in [2.75, 3.05) is 31.2 Å². The molecule has 0 unspecified atom stereocenters. The molecule has 2 amide bonds. The van der Waals surface area contributed by atoms with Crippen molar-refractivity contribution in [2.24, 2.45) is 0 Å². The molecule has 2 aromatic carbocycles. The molecular weight excluding hydrogens is 351 g/mol. The van der Waals surface area contributed by atoms with Crippen LogP contribution in [-0.4, -0.2) is 38.1 Å². The fraction of sp³-hybridized carbons (Fsp3) is 0.300. The van der Waals surface area contributed by atoms with E-state index in [1.807, 2.05) is 0 Å². The number of anilines is 1. The second-order valence-corrected chi connectivity index (χ2v) is 6.12. The summed E-state index contributed by atoms with van der Waals surface area (Å²) in [5, 5.41) is 2.72. The summed E-state index contributed by atoms with van der Waals surface area (Å²) in [6.45, 7) is 2.96. The van der Waals surface area contributed by atoms with Crippen molar-refractivity contribution in [3.8, 4) is 11.5 Å². The fourth-order valence-electron chi connectivity index (χ4n) is 2.85. The van der Waals surface area contributed by atoms with E-state index in [0.29, 0.717) is 36.0 Å². The van der Waals surface area contributed by atoms with Crippen LogP contribution in [-0.2, 0) is 16.0 Å². The van der Waals surface area contributed by atoms with E-state index in [1.165, 1.54) is 13.0 Å². The second kappa shape index (κ2) is 8.53. The third kappa shape index (κ3) is 4.75. The van der Waals surface area contributed by atoms with Gasteiger partial charge in [-0.05, 0) is 23.8 Å². The quantitative estimate of drug-likeness (QED) is 0.845. The summed E-state index contributed by atoms with van der Waals surface area (Å²) in [5.74, 6) is 0.371. The lowest BCUT2D eigenvalue weighted by Gasteiger charge is -2.24. The van der Waals surface area contributed by atoms with Crippen molar-refractivity contribution in [3.63, 3.8) is 0 Å². The average molecular weight is 372 g/mol. The summed E-state index contributed by atoms with van der Waals surface area (Å²) in [5.41, 5.74) is 1.00. The molecular formula is C20H21FN2O4. The van der Waals surface area contributed by atoms with Gasteiger partial charge in [0.25, 0.3) is 0 Å². The van der Waals surface area contributed by atoms with Crippen LogP contribution in [0.3, 0.4) is 0 Å². The molecule has 0 aromatic heterocycles. The van der Waals surface area contributed by atoms with Gasteiger partial charge in [-0.2, -0.15) is 0 Å². The van der Waals surface area contributed by atoms with Gasteiger partial charge >= 0.3 is 0 Å². The Kier molecular flexibility index (Phi) is 5.90. The zero-order chi connectivity index (χ0) is 19.2. The predicted octanol–water partition coefficient (Wildman–Crippen LogP) is 2.31. The highest BCUT2D eigenvalue weighted by Crippen LogP contribution is 2.33. The van der Waals surface area contributed by atoms with Crippen LogP contribution in [0.5, 0.6) is 11.5 Å². The lowest BCUT2D eigenvalue weighted by atomic mass is 10.1. The van der Waals surface area contributed by atoms with Gasteiger partial charge < -0.3 is 19.7 Å². The molecule has 6 nitrogen and oxygen atoms in total. The monoisotopic (exact) mass is 372 g/mol. The number of hydrogen-bond acceptors (Lipinski definition) is 4. The Hall–Kier alpha value is -3.09. The van der Waals surface area contributed by atoms with E-state index >= 15 is 0 Å². The molecule has 0 bridgehead atoms. The Labute approximate surface area is 156 Å². The molecule has 0 spiro atoms. The third-order valence-corrected chi connectivity index (χ3v) is 4.18. The van der Waals surface area contributed by atoms with Gasteiger partial charge in [0.2, 0.25) is 11.8 Å². The molecule has 0 atom stereocenters. The van der Waals surface area contributed by atoms with E-state index in [1.54, 1.807) is 41.3 Å². The second-order valence-electron chi connectivity index (χ2n) is 6.12. The number of benzene rings is 2. The number of halogens is 1. The number of carbonyl (C=O) groups is 2. The van der Waals surface area contributed by atoms with Gasteiger partial charge in [-0.15, -0.1) is 0 Å². The van der Waals surface area contributed by atoms with Crippen LogP contribution >= 0.6 is 0 Å². The van der Waals surface area contributed by atoms with Crippen molar-refractivity contribution < 1.29 is 23.5 Å². The van der Waals surface area contributed by atoms with Crippen molar-refractivity contribution in [1.82, 2.24) is 5.32 Å². The highest BCUT2D eigenvalue weighted by atomic mass is 19.1. The molecule has 2 aromatic rings. The lowest BCUT2D eigenvalue weighted by molar-refractivity contribution is -0.121. The number of rotatable bonds is 6. The maximum Gasteiger partial charge on any atom is 0.224 e. The van der Waals surface area contributed by atoms with Crippen LogP contribution < -0.4 is 19.7 Å². The molecule has 1 heterocycles. The SMILES string of the molecule is CC(=O)N(CCNC(=O)Cc1ccccc1F)c1ccc2c(c1)OCCO2. The number of ether oxygens (including phenoxy) is 2. The normalized spacial score (nSPS) is 12.4. The van der Waals surface area contributed by atoms with E-state index in [0.717, 1.165) is 0 Å². The molecule has 7 heteroatoms. The molecule has 0 fully saturated rings. The standard InChI is InChI=1S/C20H21FN2O4/c1-14(24)23(16-6-7-18-19(13-16)27-11-10-26-18)9-8-22-20(25)12-15-4-2-3-5-17(15)21/h2-7,13H,8-12H2,1H3,(H,22,25). The highest BCUT2D eigenvalue weighted by molar-refractivity contribution is 5.92. The van der Waals surface area contributed by atoms with Crippen LogP contribution in [0.25, 0.3) is 0 Å². The van der Waals surface area contributed by atoms with Crippen molar-refractivity contribution in [1.29, 1.82) is 0 Å². The van der Waals surface area contributed by atoms with E-state index in [-0.39, 0.29) is 31.3 Å². The van der Waals surface area contributed by atoms with Gasteiger partial charge in [-0.3, -0.25) is 9.59 Å². The minimum atomic E-state index is -0.408. The number of fused-ring (bicyclic) bond motifs is 1. The summed E-state index contributed by atoms with van der Waals surface area (Å²) in [7, 11) is 0. The number of nitrogens with zero attached hydrogens (tertiary/aromatic N) is 1. The summed E-state index contributed by atoms with van der Waals surface area (Å²) in [6.07, 6.45) is -0.0449. The maximum absolute atomic E-state index is 13.6. The molecule has 0 radical (unpaired) electrons. The van der Waals surface area contributed by atoms with E-state index in [2.05, 4.69) is 5.32 Å². The molecule has 27 heavy (non-hydrogen) atoms. The Morgan fingerprint density at radius 3 is 2.59 bits per heavy atom. The summed E-state index contributed by atoms with van der Waals surface area (Å²) in [4.78, 5) is 25.6. The van der Waals surface area contributed by atoms with Crippen LogP contribution in [0, 0.1) is 5.82 Å². The van der Waals surface area contributed by atoms with Crippen LogP contribution in [0.4, 0.5) is 10.1 Å². The molecule has 0 aliphatic carbocycles. The van der Waals surface area contributed by atoms with E-state index < -0.39 is 5.82 Å². The first-order valence-corrected chi connectivity index (χ1v) is 8.72. The van der Waals surface area contributed by atoms with Gasteiger partial charge in [0.15, 0.2) is 11.5 Å². The van der Waals surface area contributed by atoms with Crippen LogP contribution in [0.2, 0.25) is 0 Å². The smallest absolute Gasteiger partial charge is 0.224 e. The molecule has 1 aliphatic heterocycles. The molecule has 0 saturated carbocycles. The fourth-order valence-corrected chi connectivity index (χ4v) is 2.85. The van der Waals surface area contributed by atoms with Crippen molar-refractivity contribution in [2.45, 2.75) is 13.3 Å². The maximum atomic E-state index is 13.6. The molecule has 3 rings (SSSR count). The van der Waals surface area contributed by atoms with Gasteiger partial charge in [-0.25, -0.2) is 4.39 Å². The summed E-state index contributed by atoms with van der Waals surface area (Å²) < 4.78 is 24.6. The number of carbonyl (C=O) groups excluding carboxylic acids is 2. The van der Waals surface area contributed by atoms with Crippen LogP contribution in [0.1, 0.15) is 12.5 Å². The van der Waals surface area contributed by atoms with Gasteiger partial charge in [0.1, 0.15) is 19.0 Å². The van der Waals surface area contributed by atoms with E-state index in [9.17, 15) is 14.0 Å². The highest BCUT2D eigenvalue weighted by Gasteiger charge is 2.17. The van der Waals surface area contributed by atoms with Crippen molar-refractivity contribution in [3.05, 3.63) is 53.8 Å². The first-order valence-electron chi connectivity index (χ1n) is 8.72. The summed E-state index contributed by atoms with van der Waals surface area (Å²) >= 11 is 0. The first kappa shape index (κ1) is 18.7. The molecule has 0 saturated heterocycles. The Morgan fingerprint density at radius 2 is 1.85 bits per heavy atom. The number of amides is 2. The minimum Gasteiger partial charge on any atom is -0.486 e. The topological polar surface area (TPSA) is 67.9 Å².